The minimum atomic E-state index is 0.308. The van der Waals surface area contributed by atoms with Crippen molar-refractivity contribution in [2.24, 2.45) is 0 Å². The molecular formula is C10H14NO. The van der Waals surface area contributed by atoms with Gasteiger partial charge in [-0.25, -0.2) is 0 Å². The maximum absolute atomic E-state index is 5.62. The first-order chi connectivity index (χ1) is 5.86. The Balaban J connectivity index is 2.51. The molecule has 0 aliphatic heterocycles. The van der Waals surface area contributed by atoms with Gasteiger partial charge in [0.15, 0.2) is 0 Å². The lowest BCUT2D eigenvalue weighted by atomic mass is 10.2. The minimum absolute atomic E-state index is 0.308. The molecule has 2 nitrogen and oxygen atoms in total. The number of hydrogen-bond acceptors (Lipinski definition) is 2. The van der Waals surface area contributed by atoms with E-state index in [9.17, 15) is 0 Å². The van der Waals surface area contributed by atoms with Gasteiger partial charge in [-0.2, -0.15) is 0 Å². The van der Waals surface area contributed by atoms with Crippen molar-refractivity contribution in [2.45, 2.75) is 32.8 Å². The molecule has 1 rings (SSSR count). The highest BCUT2D eigenvalue weighted by molar-refractivity contribution is 5.14. The third-order valence-electron chi connectivity index (χ3n) is 1.79. The fraction of sp³-hybridized carbons (Fsp3) is 0.500. The molecule has 0 fully saturated rings. The molecule has 0 aromatic carbocycles. The smallest absolute Gasteiger partial charge is 0.138 e. The molecule has 1 heterocycles. The fourth-order valence-corrected chi connectivity index (χ4v) is 1.02. The lowest BCUT2D eigenvalue weighted by Gasteiger charge is -2.14. The maximum Gasteiger partial charge on any atom is 0.138 e. The van der Waals surface area contributed by atoms with E-state index in [1.807, 2.05) is 6.07 Å². The Morgan fingerprint density at radius 1 is 1.50 bits per heavy atom. The van der Waals surface area contributed by atoms with Crippen molar-refractivity contribution in [3.63, 3.8) is 0 Å². The third-order valence-corrected chi connectivity index (χ3v) is 1.79. The molecule has 0 unspecified atom stereocenters. The highest BCUT2D eigenvalue weighted by Gasteiger charge is 2.03. The highest BCUT2D eigenvalue weighted by Crippen LogP contribution is 2.12. The summed E-state index contributed by atoms with van der Waals surface area (Å²) >= 11 is 0. The van der Waals surface area contributed by atoms with Crippen LogP contribution >= 0.6 is 0 Å². The summed E-state index contributed by atoms with van der Waals surface area (Å²) in [5.74, 6) is 0.811. The van der Waals surface area contributed by atoms with Crippen LogP contribution in [-0.2, 0) is 0 Å². The lowest BCUT2D eigenvalue weighted by Crippen LogP contribution is -2.13. The zero-order chi connectivity index (χ0) is 8.81. The Morgan fingerprint density at radius 3 is 2.75 bits per heavy atom. The molecule has 0 N–H and O–H groups in total. The van der Waals surface area contributed by atoms with Gasteiger partial charge in [-0.05, 0) is 18.9 Å². The molecule has 12 heavy (non-hydrogen) atoms. The van der Waals surface area contributed by atoms with E-state index in [1.165, 1.54) is 0 Å². The molecule has 0 saturated heterocycles. The van der Waals surface area contributed by atoms with E-state index < -0.39 is 0 Å². The molecule has 65 valence electrons. The molecule has 0 bridgehead atoms. The summed E-state index contributed by atoms with van der Waals surface area (Å²) in [6.07, 6.45) is 5.72. The van der Waals surface area contributed by atoms with Crippen LogP contribution in [0.3, 0.4) is 0 Å². The zero-order valence-electron chi connectivity index (χ0n) is 7.58. The van der Waals surface area contributed by atoms with Gasteiger partial charge in [0.05, 0.1) is 12.3 Å². The molecular weight excluding hydrogens is 150 g/mol. The Hall–Kier alpha value is -1.05. The topological polar surface area (TPSA) is 22.1 Å². The predicted octanol–water partition coefficient (Wildman–Crippen LogP) is 2.45. The maximum atomic E-state index is 5.62. The Bertz CT molecular complexity index is 206. The summed E-state index contributed by atoms with van der Waals surface area (Å²) in [4.78, 5) is 3.93. The molecule has 0 aliphatic carbocycles. The average Bonchev–Trinajstić information content (AvgIpc) is 2.16. The average molecular weight is 164 g/mol. The van der Waals surface area contributed by atoms with Gasteiger partial charge < -0.3 is 4.74 Å². The van der Waals surface area contributed by atoms with E-state index in [0.29, 0.717) is 6.10 Å². The van der Waals surface area contributed by atoms with Crippen LogP contribution in [-0.4, -0.2) is 11.1 Å². The molecule has 0 spiro atoms. The molecule has 0 aliphatic rings. The van der Waals surface area contributed by atoms with Gasteiger partial charge >= 0.3 is 0 Å². The second-order valence-corrected chi connectivity index (χ2v) is 2.68. The molecule has 2 heteroatoms. The minimum Gasteiger partial charge on any atom is -0.489 e. The quantitative estimate of drug-likeness (QED) is 0.682. The van der Waals surface area contributed by atoms with Gasteiger partial charge in [-0.15, -0.1) is 0 Å². The van der Waals surface area contributed by atoms with Gasteiger partial charge in [0.25, 0.3) is 0 Å². The first-order valence-electron chi connectivity index (χ1n) is 4.34. The van der Waals surface area contributed by atoms with E-state index >= 15 is 0 Å². The van der Waals surface area contributed by atoms with Gasteiger partial charge in [-0.1, -0.05) is 13.8 Å². The van der Waals surface area contributed by atoms with Crippen molar-refractivity contribution in [1.29, 1.82) is 0 Å². The third kappa shape index (κ3) is 2.53. The van der Waals surface area contributed by atoms with E-state index in [-0.39, 0.29) is 0 Å². The second-order valence-electron chi connectivity index (χ2n) is 2.68. The normalized spacial score (nSPS) is 10.2. The van der Waals surface area contributed by atoms with Crippen LogP contribution in [0.15, 0.2) is 18.5 Å². The standard InChI is InChI=1S/C10H14NO/c1-3-9(4-2)12-10-6-5-7-11-8-10/h6-9H,3-4H2,1-2H3. The summed E-state index contributed by atoms with van der Waals surface area (Å²) in [6.45, 7) is 4.24. The van der Waals surface area contributed by atoms with Crippen LogP contribution in [0.1, 0.15) is 26.7 Å². The molecule has 1 radical (unpaired) electrons. The number of ether oxygens (including phenoxy) is 1. The number of nitrogens with zero attached hydrogens (tertiary/aromatic N) is 1. The highest BCUT2D eigenvalue weighted by atomic mass is 16.5. The molecule has 1 aromatic rings. The van der Waals surface area contributed by atoms with Crippen molar-refractivity contribution in [3.05, 3.63) is 24.5 Å². The number of hydrogen-bond donors (Lipinski definition) is 0. The van der Waals surface area contributed by atoms with E-state index in [1.54, 1.807) is 12.4 Å². The van der Waals surface area contributed by atoms with Crippen molar-refractivity contribution in [1.82, 2.24) is 4.98 Å². The van der Waals surface area contributed by atoms with Crippen LogP contribution in [0.4, 0.5) is 0 Å². The van der Waals surface area contributed by atoms with Crippen molar-refractivity contribution in [3.8, 4) is 5.75 Å². The molecule has 1 aromatic heterocycles. The van der Waals surface area contributed by atoms with Crippen molar-refractivity contribution >= 4 is 0 Å². The van der Waals surface area contributed by atoms with Crippen LogP contribution in [0.5, 0.6) is 5.75 Å². The summed E-state index contributed by atoms with van der Waals surface area (Å²) < 4.78 is 5.62. The predicted molar refractivity (Wildman–Crippen MR) is 48.1 cm³/mol. The van der Waals surface area contributed by atoms with Gasteiger partial charge in [0, 0.05) is 12.3 Å². The Labute approximate surface area is 73.6 Å². The zero-order valence-corrected chi connectivity index (χ0v) is 7.58. The van der Waals surface area contributed by atoms with Crippen LogP contribution in [0.25, 0.3) is 0 Å². The molecule has 0 saturated carbocycles. The van der Waals surface area contributed by atoms with Gasteiger partial charge in [0.2, 0.25) is 0 Å². The number of pyridine rings is 1. The van der Waals surface area contributed by atoms with Crippen molar-refractivity contribution in [2.75, 3.05) is 0 Å². The van der Waals surface area contributed by atoms with Gasteiger partial charge in [-0.3, -0.25) is 4.98 Å². The second kappa shape index (κ2) is 4.75. The van der Waals surface area contributed by atoms with Crippen LogP contribution < -0.4 is 4.74 Å². The summed E-state index contributed by atoms with van der Waals surface area (Å²) in [6, 6.07) is 4.69. The van der Waals surface area contributed by atoms with Crippen LogP contribution in [0.2, 0.25) is 0 Å². The molecule has 0 atom stereocenters. The van der Waals surface area contributed by atoms with E-state index in [2.05, 4.69) is 24.9 Å². The van der Waals surface area contributed by atoms with E-state index in [4.69, 9.17) is 4.74 Å². The van der Waals surface area contributed by atoms with Crippen LogP contribution in [0, 0.1) is 6.07 Å². The number of aromatic nitrogens is 1. The SMILES string of the molecule is CCC(CC)Oc1c[c]cnc1. The molecule has 0 amide bonds. The monoisotopic (exact) mass is 164 g/mol. The summed E-state index contributed by atoms with van der Waals surface area (Å²) in [7, 11) is 0. The summed E-state index contributed by atoms with van der Waals surface area (Å²) in [5.41, 5.74) is 0. The fourth-order valence-electron chi connectivity index (χ4n) is 1.02. The summed E-state index contributed by atoms with van der Waals surface area (Å²) in [5, 5.41) is 0. The number of rotatable bonds is 4. The largest absolute Gasteiger partial charge is 0.489 e. The Kier molecular flexibility index (Phi) is 3.58. The Morgan fingerprint density at radius 2 is 2.25 bits per heavy atom. The first-order valence-corrected chi connectivity index (χ1v) is 4.34. The first kappa shape index (κ1) is 9.04. The van der Waals surface area contributed by atoms with Gasteiger partial charge in [0.1, 0.15) is 5.75 Å². The van der Waals surface area contributed by atoms with Crippen molar-refractivity contribution < 1.29 is 4.74 Å². The lowest BCUT2D eigenvalue weighted by molar-refractivity contribution is 0.192. The van der Waals surface area contributed by atoms with E-state index in [0.717, 1.165) is 18.6 Å².